The van der Waals surface area contributed by atoms with Crippen molar-refractivity contribution in [2.45, 2.75) is 13.0 Å². The first-order valence-corrected chi connectivity index (χ1v) is 10.6. The standard InChI is InChI=1S/C24H21NO6S/c1-13-6-8-16(26)15(11-13)25-21(19-5-4-10-32-19)20(23(28)24(25)29)22(27)14-7-9-17(30-2)18(12-14)31-3/h4-12,21,26-27H,1-3H3/b22-20-. The number of thiophene rings is 1. The smallest absolute Gasteiger partial charge is 0.300 e. The number of carbonyl (C=O) groups is 2. The molecule has 4 rings (SSSR count). The number of Topliss-reactive ketones (excluding diaryl/α,β-unsaturated/α-hetero) is 1. The van der Waals surface area contributed by atoms with Gasteiger partial charge in [-0.3, -0.25) is 14.5 Å². The first-order valence-electron chi connectivity index (χ1n) is 9.73. The second-order valence-corrected chi connectivity index (χ2v) is 8.23. The SMILES string of the molecule is COc1ccc(/C(O)=C2/C(=O)C(=O)N(c3cc(C)ccc3O)C2c2cccs2)cc1OC. The predicted molar refractivity (Wildman–Crippen MR) is 121 cm³/mol. The fraction of sp³-hybridized carbons (Fsp3) is 0.167. The summed E-state index contributed by atoms with van der Waals surface area (Å²) in [6.07, 6.45) is 0. The van der Waals surface area contributed by atoms with E-state index < -0.39 is 17.7 Å². The zero-order valence-electron chi connectivity index (χ0n) is 17.7. The Morgan fingerprint density at radius 2 is 1.78 bits per heavy atom. The Labute approximate surface area is 188 Å². The van der Waals surface area contributed by atoms with Gasteiger partial charge in [-0.25, -0.2) is 0 Å². The molecular weight excluding hydrogens is 430 g/mol. The Hall–Kier alpha value is -3.78. The summed E-state index contributed by atoms with van der Waals surface area (Å²) in [6, 6.07) is 12.2. The van der Waals surface area contributed by atoms with Crippen LogP contribution in [0.2, 0.25) is 0 Å². The molecule has 1 amide bonds. The van der Waals surface area contributed by atoms with Gasteiger partial charge in [0.2, 0.25) is 0 Å². The molecule has 7 nitrogen and oxygen atoms in total. The summed E-state index contributed by atoms with van der Waals surface area (Å²) in [4.78, 5) is 28.2. The van der Waals surface area contributed by atoms with Gasteiger partial charge in [-0.05, 0) is 54.3 Å². The molecule has 164 valence electrons. The van der Waals surface area contributed by atoms with Crippen molar-refractivity contribution in [3.05, 3.63) is 75.5 Å². The molecule has 1 aliphatic rings. The normalized spacial score (nSPS) is 17.6. The number of phenols is 1. The van der Waals surface area contributed by atoms with E-state index in [1.54, 1.807) is 36.4 Å². The van der Waals surface area contributed by atoms with Gasteiger partial charge in [0.25, 0.3) is 11.7 Å². The molecular formula is C24H21NO6S. The quantitative estimate of drug-likeness (QED) is 0.339. The predicted octanol–water partition coefficient (Wildman–Crippen LogP) is 4.41. The van der Waals surface area contributed by atoms with Crippen LogP contribution >= 0.6 is 11.3 Å². The molecule has 1 aliphatic heterocycles. The summed E-state index contributed by atoms with van der Waals surface area (Å²) in [5.41, 5.74) is 1.25. The fourth-order valence-corrected chi connectivity index (χ4v) is 4.59. The lowest BCUT2D eigenvalue weighted by molar-refractivity contribution is -0.132. The molecule has 1 atom stereocenters. The number of hydrogen-bond donors (Lipinski definition) is 2. The van der Waals surface area contributed by atoms with Gasteiger partial charge in [-0.1, -0.05) is 12.1 Å². The highest BCUT2D eigenvalue weighted by atomic mass is 32.1. The molecule has 0 bridgehead atoms. The van der Waals surface area contributed by atoms with Gasteiger partial charge in [-0.15, -0.1) is 11.3 Å². The number of hydrogen-bond acceptors (Lipinski definition) is 7. The van der Waals surface area contributed by atoms with Crippen molar-refractivity contribution in [2.75, 3.05) is 19.1 Å². The van der Waals surface area contributed by atoms with Crippen LogP contribution in [0.3, 0.4) is 0 Å². The maximum atomic E-state index is 13.1. The molecule has 3 aromatic rings. The van der Waals surface area contributed by atoms with E-state index in [0.29, 0.717) is 21.9 Å². The monoisotopic (exact) mass is 451 g/mol. The van der Waals surface area contributed by atoms with E-state index in [1.807, 2.05) is 12.3 Å². The number of carbonyl (C=O) groups excluding carboxylic acids is 2. The van der Waals surface area contributed by atoms with Crippen molar-refractivity contribution in [3.63, 3.8) is 0 Å². The van der Waals surface area contributed by atoms with Crippen LogP contribution in [0.25, 0.3) is 5.76 Å². The number of aliphatic hydroxyl groups is 1. The zero-order chi connectivity index (χ0) is 23.0. The minimum Gasteiger partial charge on any atom is -0.507 e. The largest absolute Gasteiger partial charge is 0.507 e. The molecule has 0 radical (unpaired) electrons. The molecule has 2 N–H and O–H groups in total. The summed E-state index contributed by atoms with van der Waals surface area (Å²) in [6.45, 7) is 1.82. The number of aryl methyl sites for hydroxylation is 1. The number of nitrogens with zero attached hydrogens (tertiary/aromatic N) is 1. The van der Waals surface area contributed by atoms with Crippen molar-refractivity contribution in [1.82, 2.24) is 0 Å². The lowest BCUT2D eigenvalue weighted by atomic mass is 9.99. The number of amides is 1. The second kappa shape index (κ2) is 8.39. The van der Waals surface area contributed by atoms with E-state index in [-0.39, 0.29) is 22.8 Å². The van der Waals surface area contributed by atoms with E-state index in [1.165, 1.54) is 42.6 Å². The second-order valence-electron chi connectivity index (χ2n) is 7.25. The van der Waals surface area contributed by atoms with Crippen LogP contribution in [0, 0.1) is 6.92 Å². The number of methoxy groups -OCH3 is 2. The van der Waals surface area contributed by atoms with Crippen LogP contribution in [0.1, 0.15) is 22.0 Å². The summed E-state index contributed by atoms with van der Waals surface area (Å²) in [5, 5.41) is 23.5. The van der Waals surface area contributed by atoms with E-state index in [9.17, 15) is 19.8 Å². The molecule has 2 aromatic carbocycles. The maximum absolute atomic E-state index is 13.1. The molecule has 0 spiro atoms. The number of anilines is 1. The van der Waals surface area contributed by atoms with Crippen molar-refractivity contribution >= 4 is 34.5 Å². The molecule has 8 heteroatoms. The maximum Gasteiger partial charge on any atom is 0.300 e. The van der Waals surface area contributed by atoms with Gasteiger partial charge in [0.15, 0.2) is 11.5 Å². The first-order chi connectivity index (χ1) is 15.4. The average Bonchev–Trinajstić information content (AvgIpc) is 3.41. The summed E-state index contributed by atoms with van der Waals surface area (Å²) in [7, 11) is 2.96. The molecule has 0 aliphatic carbocycles. The number of aliphatic hydroxyl groups excluding tert-OH is 1. The van der Waals surface area contributed by atoms with Gasteiger partial charge in [0, 0.05) is 10.4 Å². The van der Waals surface area contributed by atoms with E-state index in [0.717, 1.165) is 5.56 Å². The van der Waals surface area contributed by atoms with Gasteiger partial charge in [0.05, 0.1) is 25.5 Å². The minimum absolute atomic E-state index is 0.0643. The Kier molecular flexibility index (Phi) is 5.63. The third-order valence-electron chi connectivity index (χ3n) is 5.30. The van der Waals surface area contributed by atoms with Gasteiger partial charge in [0.1, 0.15) is 17.6 Å². The first kappa shape index (κ1) is 21.5. The number of aromatic hydroxyl groups is 1. The number of phenolic OH excluding ortho intramolecular Hbond substituents is 1. The van der Waals surface area contributed by atoms with Gasteiger partial charge in [-0.2, -0.15) is 0 Å². The lowest BCUT2D eigenvalue weighted by Gasteiger charge is -2.25. The van der Waals surface area contributed by atoms with Crippen molar-refractivity contribution < 1.29 is 29.3 Å². The summed E-state index contributed by atoms with van der Waals surface area (Å²) >= 11 is 1.35. The third kappa shape index (κ3) is 3.48. The van der Waals surface area contributed by atoms with Crippen LogP contribution in [0.4, 0.5) is 5.69 Å². The van der Waals surface area contributed by atoms with Crippen molar-refractivity contribution in [1.29, 1.82) is 0 Å². The van der Waals surface area contributed by atoms with Crippen molar-refractivity contribution in [3.8, 4) is 17.2 Å². The Morgan fingerprint density at radius 1 is 1.03 bits per heavy atom. The number of ether oxygens (including phenoxy) is 2. The van der Waals surface area contributed by atoms with Gasteiger partial charge >= 0.3 is 0 Å². The Morgan fingerprint density at radius 3 is 2.44 bits per heavy atom. The summed E-state index contributed by atoms with van der Waals surface area (Å²) < 4.78 is 10.5. The highest BCUT2D eigenvalue weighted by Crippen LogP contribution is 2.46. The minimum atomic E-state index is -0.893. The Balaban J connectivity index is 1.94. The Bertz CT molecular complexity index is 1230. The average molecular weight is 452 g/mol. The van der Waals surface area contributed by atoms with Crippen LogP contribution in [-0.2, 0) is 9.59 Å². The van der Waals surface area contributed by atoms with E-state index in [2.05, 4.69) is 0 Å². The third-order valence-corrected chi connectivity index (χ3v) is 6.23. The highest BCUT2D eigenvalue weighted by molar-refractivity contribution is 7.10. The molecule has 1 saturated heterocycles. The lowest BCUT2D eigenvalue weighted by Crippen LogP contribution is -2.29. The molecule has 0 saturated carbocycles. The molecule has 32 heavy (non-hydrogen) atoms. The van der Waals surface area contributed by atoms with Crippen LogP contribution in [-0.4, -0.2) is 36.1 Å². The van der Waals surface area contributed by atoms with Crippen molar-refractivity contribution in [2.24, 2.45) is 0 Å². The van der Waals surface area contributed by atoms with Gasteiger partial charge < -0.3 is 19.7 Å². The van der Waals surface area contributed by atoms with Crippen LogP contribution in [0.5, 0.6) is 17.2 Å². The number of benzene rings is 2. The number of rotatable bonds is 5. The molecule has 1 fully saturated rings. The van der Waals surface area contributed by atoms with Crippen LogP contribution < -0.4 is 14.4 Å². The van der Waals surface area contributed by atoms with Crippen LogP contribution in [0.15, 0.2) is 59.5 Å². The molecule has 1 aromatic heterocycles. The number of ketones is 1. The zero-order valence-corrected chi connectivity index (χ0v) is 18.5. The van der Waals surface area contributed by atoms with E-state index >= 15 is 0 Å². The van der Waals surface area contributed by atoms with E-state index in [4.69, 9.17) is 9.47 Å². The summed E-state index contributed by atoms with van der Waals surface area (Å²) in [5.74, 6) is -1.30. The molecule has 1 unspecified atom stereocenters. The topological polar surface area (TPSA) is 96.3 Å². The fourth-order valence-electron chi connectivity index (χ4n) is 3.76. The highest BCUT2D eigenvalue weighted by Gasteiger charge is 2.48. The molecule has 2 heterocycles.